The number of aryl methyl sites for hydroxylation is 1. The molecule has 0 radical (unpaired) electrons. The van der Waals surface area contributed by atoms with E-state index in [4.69, 9.17) is 5.11 Å². The molecule has 0 aromatic heterocycles. The molecular formula is C16H15N3O4. The summed E-state index contributed by atoms with van der Waals surface area (Å²) in [6, 6.07) is 11.2. The fourth-order valence-corrected chi connectivity index (χ4v) is 2.01. The normalized spacial score (nSPS) is 11.1. The van der Waals surface area contributed by atoms with Crippen molar-refractivity contribution in [3.8, 4) is 0 Å². The van der Waals surface area contributed by atoms with Crippen LogP contribution in [0.4, 0.5) is 11.4 Å². The van der Waals surface area contributed by atoms with Crippen LogP contribution in [0.3, 0.4) is 0 Å². The molecule has 0 spiro atoms. The minimum Gasteiger partial charge on any atom is -0.478 e. The first-order valence-electron chi connectivity index (χ1n) is 6.78. The highest BCUT2D eigenvalue weighted by atomic mass is 16.6. The number of anilines is 1. The van der Waals surface area contributed by atoms with E-state index in [-0.39, 0.29) is 11.3 Å². The average molecular weight is 313 g/mol. The Bertz CT molecular complexity index is 800. The van der Waals surface area contributed by atoms with Crippen molar-refractivity contribution in [2.24, 2.45) is 5.10 Å². The maximum absolute atomic E-state index is 11.1. The Morgan fingerprint density at radius 2 is 1.96 bits per heavy atom. The number of carboxylic acid groups (broad SMARTS) is 1. The van der Waals surface area contributed by atoms with Gasteiger partial charge in [0, 0.05) is 17.2 Å². The molecule has 118 valence electrons. The lowest BCUT2D eigenvalue weighted by Crippen LogP contribution is -2.05. The number of aromatic carboxylic acids is 1. The number of hydrazone groups is 1. The third kappa shape index (κ3) is 3.70. The number of nitrogens with one attached hydrogen (secondary N) is 1. The molecule has 23 heavy (non-hydrogen) atoms. The predicted molar refractivity (Wildman–Crippen MR) is 87.1 cm³/mol. The lowest BCUT2D eigenvalue weighted by atomic mass is 10.1. The van der Waals surface area contributed by atoms with E-state index in [1.54, 1.807) is 44.2 Å². The first kappa shape index (κ1) is 16.2. The Balaban J connectivity index is 2.29. The lowest BCUT2D eigenvalue weighted by Gasteiger charge is -2.07. The van der Waals surface area contributed by atoms with Gasteiger partial charge in [0.2, 0.25) is 0 Å². The molecular weight excluding hydrogens is 298 g/mol. The van der Waals surface area contributed by atoms with Gasteiger partial charge in [0.15, 0.2) is 0 Å². The van der Waals surface area contributed by atoms with Crippen molar-refractivity contribution in [2.45, 2.75) is 13.8 Å². The predicted octanol–water partition coefficient (Wildman–Crippen LogP) is 3.44. The van der Waals surface area contributed by atoms with E-state index in [9.17, 15) is 14.9 Å². The van der Waals surface area contributed by atoms with E-state index in [1.807, 2.05) is 0 Å². The second-order valence-corrected chi connectivity index (χ2v) is 4.92. The molecule has 0 saturated heterocycles. The largest absolute Gasteiger partial charge is 0.478 e. The van der Waals surface area contributed by atoms with E-state index in [0.29, 0.717) is 22.5 Å². The van der Waals surface area contributed by atoms with Gasteiger partial charge in [-0.25, -0.2) is 4.79 Å². The molecule has 2 rings (SSSR count). The molecule has 2 aromatic rings. The van der Waals surface area contributed by atoms with Gasteiger partial charge in [-0.15, -0.1) is 0 Å². The number of nitro benzene ring substituents is 1. The van der Waals surface area contributed by atoms with Crippen LogP contribution in [-0.2, 0) is 0 Å². The third-order valence-electron chi connectivity index (χ3n) is 3.33. The molecule has 0 saturated carbocycles. The number of para-hydroxylation sites is 1. The first-order chi connectivity index (χ1) is 10.9. The molecule has 0 unspecified atom stereocenters. The van der Waals surface area contributed by atoms with Crippen LogP contribution < -0.4 is 5.43 Å². The Hall–Kier alpha value is -3.22. The summed E-state index contributed by atoms with van der Waals surface area (Å²) < 4.78 is 0. The number of nitrogens with zero attached hydrogens (tertiary/aromatic N) is 2. The van der Waals surface area contributed by atoms with Crippen LogP contribution in [0.25, 0.3) is 0 Å². The van der Waals surface area contributed by atoms with Gasteiger partial charge in [0.25, 0.3) is 5.69 Å². The highest BCUT2D eigenvalue weighted by molar-refractivity contribution is 6.00. The Kier molecular flexibility index (Phi) is 4.70. The van der Waals surface area contributed by atoms with Crippen molar-refractivity contribution >= 4 is 23.1 Å². The molecule has 0 aliphatic rings. The Morgan fingerprint density at radius 1 is 1.26 bits per heavy atom. The van der Waals surface area contributed by atoms with E-state index >= 15 is 0 Å². The van der Waals surface area contributed by atoms with Crippen molar-refractivity contribution in [1.82, 2.24) is 0 Å². The van der Waals surface area contributed by atoms with Crippen molar-refractivity contribution in [3.63, 3.8) is 0 Å². The summed E-state index contributed by atoms with van der Waals surface area (Å²) in [4.78, 5) is 21.7. The molecule has 0 amide bonds. The van der Waals surface area contributed by atoms with Gasteiger partial charge in [0.1, 0.15) is 0 Å². The molecule has 2 N–H and O–H groups in total. The van der Waals surface area contributed by atoms with Gasteiger partial charge in [-0.1, -0.05) is 24.3 Å². The Labute approximate surface area is 132 Å². The number of carbonyl (C=O) groups is 1. The standard InChI is InChI=1S/C16H15N3O4/c1-10-7-8-12(9-15(10)19(22)23)11(2)17-18-14-6-4-3-5-13(14)16(20)21/h3-9,18H,1-2H3,(H,20,21)/b17-11+. The molecule has 0 aliphatic heterocycles. The van der Waals surface area contributed by atoms with Crippen molar-refractivity contribution < 1.29 is 14.8 Å². The van der Waals surface area contributed by atoms with Crippen molar-refractivity contribution in [1.29, 1.82) is 0 Å². The number of rotatable bonds is 5. The zero-order valence-corrected chi connectivity index (χ0v) is 12.6. The minimum absolute atomic E-state index is 0.0167. The molecule has 2 aromatic carbocycles. The van der Waals surface area contributed by atoms with Crippen molar-refractivity contribution in [2.75, 3.05) is 5.43 Å². The summed E-state index contributed by atoms with van der Waals surface area (Å²) >= 11 is 0. The quantitative estimate of drug-likeness (QED) is 0.500. The van der Waals surface area contributed by atoms with Gasteiger partial charge in [-0.05, 0) is 26.0 Å². The molecule has 0 atom stereocenters. The van der Waals surface area contributed by atoms with E-state index in [2.05, 4.69) is 10.5 Å². The summed E-state index contributed by atoms with van der Waals surface area (Å²) in [7, 11) is 0. The van der Waals surface area contributed by atoms with Crippen LogP contribution in [0, 0.1) is 17.0 Å². The first-order valence-corrected chi connectivity index (χ1v) is 6.78. The molecule has 0 aliphatic carbocycles. The van der Waals surface area contributed by atoms with Crippen molar-refractivity contribution in [3.05, 3.63) is 69.3 Å². The number of hydrogen-bond acceptors (Lipinski definition) is 5. The SMILES string of the molecule is C/C(=N\Nc1ccccc1C(=O)O)c1ccc(C)c([N+](=O)[O-])c1. The summed E-state index contributed by atoms with van der Waals surface area (Å²) in [5.74, 6) is -1.06. The molecule has 0 fully saturated rings. The zero-order chi connectivity index (χ0) is 17.0. The van der Waals surface area contributed by atoms with Gasteiger partial charge in [-0.3, -0.25) is 15.5 Å². The minimum atomic E-state index is -1.06. The summed E-state index contributed by atoms with van der Waals surface area (Å²) in [5, 5.41) is 24.2. The fourth-order valence-electron chi connectivity index (χ4n) is 2.01. The maximum Gasteiger partial charge on any atom is 0.337 e. The smallest absolute Gasteiger partial charge is 0.337 e. The van der Waals surface area contributed by atoms with Crippen LogP contribution in [0.15, 0.2) is 47.6 Å². The van der Waals surface area contributed by atoms with Crippen LogP contribution in [0.2, 0.25) is 0 Å². The van der Waals surface area contributed by atoms with E-state index < -0.39 is 10.9 Å². The lowest BCUT2D eigenvalue weighted by molar-refractivity contribution is -0.385. The molecule has 0 bridgehead atoms. The van der Waals surface area contributed by atoms with Gasteiger partial charge in [0.05, 0.1) is 21.9 Å². The molecule has 7 heteroatoms. The van der Waals surface area contributed by atoms with Crippen LogP contribution in [-0.4, -0.2) is 21.7 Å². The zero-order valence-electron chi connectivity index (χ0n) is 12.6. The summed E-state index contributed by atoms with van der Waals surface area (Å²) in [6.07, 6.45) is 0. The molecule has 0 heterocycles. The van der Waals surface area contributed by atoms with E-state index in [1.165, 1.54) is 12.1 Å². The second kappa shape index (κ2) is 6.69. The van der Waals surface area contributed by atoms with Gasteiger partial charge in [-0.2, -0.15) is 5.10 Å². The van der Waals surface area contributed by atoms with Crippen LogP contribution in [0.1, 0.15) is 28.4 Å². The molecule has 7 nitrogen and oxygen atoms in total. The highest BCUT2D eigenvalue weighted by Crippen LogP contribution is 2.20. The Morgan fingerprint density at radius 3 is 2.61 bits per heavy atom. The number of hydrogen-bond donors (Lipinski definition) is 2. The van der Waals surface area contributed by atoms with E-state index in [0.717, 1.165) is 0 Å². The number of carboxylic acids is 1. The third-order valence-corrected chi connectivity index (χ3v) is 3.33. The maximum atomic E-state index is 11.1. The van der Waals surface area contributed by atoms with Gasteiger partial charge >= 0.3 is 5.97 Å². The average Bonchev–Trinajstić information content (AvgIpc) is 2.52. The fraction of sp³-hybridized carbons (Fsp3) is 0.125. The monoisotopic (exact) mass is 313 g/mol. The van der Waals surface area contributed by atoms with Crippen LogP contribution >= 0.6 is 0 Å². The van der Waals surface area contributed by atoms with Gasteiger partial charge < -0.3 is 5.11 Å². The summed E-state index contributed by atoms with van der Waals surface area (Å²) in [5.41, 5.74) is 4.81. The highest BCUT2D eigenvalue weighted by Gasteiger charge is 2.12. The number of nitro groups is 1. The second-order valence-electron chi connectivity index (χ2n) is 4.92. The van der Waals surface area contributed by atoms with Crippen LogP contribution in [0.5, 0.6) is 0 Å². The topological polar surface area (TPSA) is 105 Å². The number of benzene rings is 2. The summed E-state index contributed by atoms with van der Waals surface area (Å²) in [6.45, 7) is 3.35.